The summed E-state index contributed by atoms with van der Waals surface area (Å²) in [5, 5.41) is 0.995. The third kappa shape index (κ3) is 3.79. The lowest BCUT2D eigenvalue weighted by atomic mass is 10.1. The highest BCUT2D eigenvalue weighted by Crippen LogP contribution is 2.36. The highest BCUT2D eigenvalue weighted by Gasteiger charge is 2.32. The largest absolute Gasteiger partial charge is 0.378 e. The molecule has 2 aliphatic rings. The average molecular weight is 444 g/mol. The Hall–Kier alpha value is -2.16. The molecule has 0 bridgehead atoms. The number of benzene rings is 1. The number of rotatable bonds is 5. The van der Waals surface area contributed by atoms with Gasteiger partial charge in [0.1, 0.15) is 4.32 Å². The predicted octanol–water partition coefficient (Wildman–Crippen LogP) is 3.38. The molecule has 2 aromatic rings. The highest BCUT2D eigenvalue weighted by molar-refractivity contribution is 8.26. The lowest BCUT2D eigenvalue weighted by molar-refractivity contribution is -0.122. The second-order valence-corrected chi connectivity index (χ2v) is 9.11. The summed E-state index contributed by atoms with van der Waals surface area (Å²) in [6, 6.07) is 7.90. The maximum atomic E-state index is 13.4. The van der Waals surface area contributed by atoms with Gasteiger partial charge in [0.05, 0.1) is 34.9 Å². The van der Waals surface area contributed by atoms with Gasteiger partial charge in [-0.2, -0.15) is 0 Å². The maximum absolute atomic E-state index is 13.4. The van der Waals surface area contributed by atoms with E-state index in [1.807, 2.05) is 24.3 Å². The molecule has 0 atom stereocenters. The summed E-state index contributed by atoms with van der Waals surface area (Å²) in [6.07, 6.45) is 3.63. The number of fused-ring (bicyclic) bond motifs is 1. The van der Waals surface area contributed by atoms with Gasteiger partial charge in [-0.3, -0.25) is 14.5 Å². The average Bonchev–Trinajstić information content (AvgIpc) is 3.03. The summed E-state index contributed by atoms with van der Waals surface area (Å²) in [5.41, 5.74) is 2.16. The first kappa shape index (κ1) is 21.1. The second kappa shape index (κ2) is 8.91. The molecule has 0 N–H and O–H groups in total. The Kier molecular flexibility index (Phi) is 6.26. The van der Waals surface area contributed by atoms with Crippen molar-refractivity contribution in [3.05, 3.63) is 45.1 Å². The number of amides is 1. The summed E-state index contributed by atoms with van der Waals surface area (Å²) in [5.74, 6) is -0.110. The topological polar surface area (TPSA) is 54.8 Å². The number of para-hydroxylation sites is 1. The number of carbonyl (C=O) groups excluding carboxylic acids is 1. The molecular weight excluding hydrogens is 418 g/mol. The second-order valence-electron chi connectivity index (χ2n) is 7.43. The number of ether oxygens (including phenoxy) is 1. The van der Waals surface area contributed by atoms with Crippen LogP contribution in [0, 0.1) is 0 Å². The first-order valence-corrected chi connectivity index (χ1v) is 11.4. The van der Waals surface area contributed by atoms with E-state index >= 15 is 0 Å². The molecule has 3 heterocycles. The van der Waals surface area contributed by atoms with Gasteiger partial charge in [0.25, 0.3) is 11.5 Å². The molecule has 1 aromatic carbocycles. The Morgan fingerprint density at radius 3 is 2.67 bits per heavy atom. The monoisotopic (exact) mass is 443 g/mol. The number of nitrogens with zero attached hydrogens (tertiary/aromatic N) is 3. The fourth-order valence-corrected chi connectivity index (χ4v) is 5.19. The molecule has 158 valence electrons. The van der Waals surface area contributed by atoms with Gasteiger partial charge in [-0.1, -0.05) is 55.5 Å². The molecule has 0 radical (unpaired) electrons. The van der Waals surface area contributed by atoms with Crippen LogP contribution in [0.2, 0.25) is 0 Å². The van der Waals surface area contributed by atoms with Gasteiger partial charge in [0.15, 0.2) is 0 Å². The minimum Gasteiger partial charge on any atom is -0.378 e. The Labute approximate surface area is 185 Å². The van der Waals surface area contributed by atoms with Gasteiger partial charge >= 0.3 is 0 Å². The van der Waals surface area contributed by atoms with E-state index in [-0.39, 0.29) is 11.5 Å². The van der Waals surface area contributed by atoms with Crippen LogP contribution < -0.4 is 10.5 Å². The molecule has 8 heteroatoms. The summed E-state index contributed by atoms with van der Waals surface area (Å²) in [7, 11) is 1.78. The third-order valence-corrected chi connectivity index (χ3v) is 6.90. The van der Waals surface area contributed by atoms with Crippen LogP contribution in [0.1, 0.15) is 25.3 Å². The number of thioether (sulfide) groups is 1. The Morgan fingerprint density at radius 1 is 1.20 bits per heavy atom. The van der Waals surface area contributed by atoms with E-state index in [1.165, 1.54) is 11.8 Å². The van der Waals surface area contributed by atoms with E-state index in [0.717, 1.165) is 29.4 Å². The van der Waals surface area contributed by atoms with E-state index in [9.17, 15) is 9.59 Å². The van der Waals surface area contributed by atoms with Gasteiger partial charge in [-0.05, 0) is 18.6 Å². The quantitative estimate of drug-likeness (QED) is 0.522. The lowest BCUT2D eigenvalue weighted by Crippen LogP contribution is -2.38. The molecule has 30 heavy (non-hydrogen) atoms. The normalized spacial score (nSPS) is 18.8. The predicted molar refractivity (Wildman–Crippen MR) is 127 cm³/mol. The molecule has 0 unspecified atom stereocenters. The molecule has 0 aliphatic carbocycles. The van der Waals surface area contributed by atoms with Gasteiger partial charge in [-0.25, -0.2) is 0 Å². The van der Waals surface area contributed by atoms with Gasteiger partial charge in [0, 0.05) is 32.1 Å². The zero-order valence-electron chi connectivity index (χ0n) is 17.2. The molecule has 2 saturated heterocycles. The standard InChI is InChI=1S/C22H25N3O3S2/c1-3-4-9-25-21(27)18(30-22(25)29)14-16-19(24-10-12-28-13-11-24)15-7-5-6-8-17(15)23(2)20(16)26/h5-8,14H,3-4,9-13H2,1-2H3. The molecule has 0 spiro atoms. The first-order valence-electron chi connectivity index (χ1n) is 10.2. The van der Waals surface area contributed by atoms with Crippen LogP contribution in [0.3, 0.4) is 0 Å². The van der Waals surface area contributed by atoms with E-state index in [0.29, 0.717) is 47.6 Å². The van der Waals surface area contributed by atoms with Crippen molar-refractivity contribution in [2.75, 3.05) is 37.7 Å². The number of morpholine rings is 1. The molecule has 2 aliphatic heterocycles. The number of pyridine rings is 1. The van der Waals surface area contributed by atoms with Crippen molar-refractivity contribution in [2.24, 2.45) is 7.05 Å². The van der Waals surface area contributed by atoms with Crippen LogP contribution in [-0.2, 0) is 16.6 Å². The van der Waals surface area contributed by atoms with Crippen molar-refractivity contribution in [3.8, 4) is 0 Å². The van der Waals surface area contributed by atoms with Crippen molar-refractivity contribution in [1.82, 2.24) is 9.47 Å². The van der Waals surface area contributed by atoms with Crippen molar-refractivity contribution < 1.29 is 9.53 Å². The number of aromatic nitrogens is 1. The fraction of sp³-hybridized carbons (Fsp3) is 0.409. The zero-order chi connectivity index (χ0) is 21.3. The fourth-order valence-electron chi connectivity index (χ4n) is 3.90. The molecule has 1 aromatic heterocycles. The van der Waals surface area contributed by atoms with Gasteiger partial charge < -0.3 is 14.2 Å². The van der Waals surface area contributed by atoms with E-state index in [4.69, 9.17) is 17.0 Å². The number of hydrogen-bond donors (Lipinski definition) is 0. The Morgan fingerprint density at radius 2 is 1.93 bits per heavy atom. The number of thiocarbonyl (C=S) groups is 1. The zero-order valence-corrected chi connectivity index (χ0v) is 18.9. The van der Waals surface area contributed by atoms with E-state index in [1.54, 1.807) is 22.6 Å². The summed E-state index contributed by atoms with van der Waals surface area (Å²) >= 11 is 6.71. The smallest absolute Gasteiger partial charge is 0.266 e. The molecule has 4 rings (SSSR count). The number of hydrogen-bond acceptors (Lipinski definition) is 6. The number of aryl methyl sites for hydroxylation is 1. The molecule has 6 nitrogen and oxygen atoms in total. The van der Waals surface area contributed by atoms with Crippen molar-refractivity contribution in [3.63, 3.8) is 0 Å². The van der Waals surface area contributed by atoms with Gasteiger partial charge in [-0.15, -0.1) is 0 Å². The van der Waals surface area contributed by atoms with Crippen molar-refractivity contribution >= 4 is 56.9 Å². The maximum Gasteiger partial charge on any atom is 0.266 e. The number of unbranched alkanes of at least 4 members (excludes halogenated alkanes) is 1. The number of carbonyl (C=O) groups is 1. The Bertz CT molecular complexity index is 1090. The molecule has 2 fully saturated rings. The number of anilines is 1. The van der Waals surface area contributed by atoms with Crippen LogP contribution in [-0.4, -0.2) is 52.5 Å². The van der Waals surface area contributed by atoms with Crippen LogP contribution in [0.4, 0.5) is 5.69 Å². The Balaban J connectivity index is 1.87. The van der Waals surface area contributed by atoms with E-state index < -0.39 is 0 Å². The minimum atomic E-state index is -0.117. The highest BCUT2D eigenvalue weighted by atomic mass is 32.2. The summed E-state index contributed by atoms with van der Waals surface area (Å²) in [4.78, 5) is 30.7. The van der Waals surface area contributed by atoms with Crippen molar-refractivity contribution in [1.29, 1.82) is 0 Å². The van der Waals surface area contributed by atoms with Crippen LogP contribution in [0.5, 0.6) is 0 Å². The van der Waals surface area contributed by atoms with Crippen LogP contribution in [0.15, 0.2) is 34.0 Å². The van der Waals surface area contributed by atoms with Crippen molar-refractivity contribution in [2.45, 2.75) is 19.8 Å². The minimum absolute atomic E-state index is 0.110. The molecule has 0 saturated carbocycles. The third-order valence-electron chi connectivity index (χ3n) is 5.52. The summed E-state index contributed by atoms with van der Waals surface area (Å²) < 4.78 is 7.74. The molecule has 1 amide bonds. The SMILES string of the molecule is CCCCN1C(=O)C(=Cc2c(N3CCOCC3)c3ccccc3n(C)c2=O)SC1=S. The first-order chi connectivity index (χ1) is 14.5. The van der Waals surface area contributed by atoms with Crippen LogP contribution >= 0.6 is 24.0 Å². The van der Waals surface area contributed by atoms with E-state index in [2.05, 4.69) is 11.8 Å². The summed E-state index contributed by atoms with van der Waals surface area (Å²) in [6.45, 7) is 5.33. The van der Waals surface area contributed by atoms with Gasteiger partial charge in [0.2, 0.25) is 0 Å². The van der Waals surface area contributed by atoms with Crippen LogP contribution in [0.25, 0.3) is 17.0 Å². The molecular formula is C22H25N3O3S2. The lowest BCUT2D eigenvalue weighted by Gasteiger charge is -2.31.